The zero-order chi connectivity index (χ0) is 25.2. The molecule has 4 aliphatic rings. The Morgan fingerprint density at radius 1 is 1.09 bits per heavy atom. The number of hydrogen-bond donors (Lipinski definition) is 3. The van der Waals surface area contributed by atoms with Gasteiger partial charge in [0.25, 0.3) is 0 Å². The maximum absolute atomic E-state index is 14.1. The highest BCUT2D eigenvalue weighted by Crippen LogP contribution is 2.68. The maximum atomic E-state index is 14.1. The Morgan fingerprint density at radius 3 is 2.32 bits per heavy atom. The summed E-state index contributed by atoms with van der Waals surface area (Å²) in [7, 11) is 0. The molecule has 0 heterocycles. The molecule has 0 aromatic heterocycles. The molecule has 0 saturated heterocycles. The van der Waals surface area contributed by atoms with Crippen LogP contribution >= 0.6 is 12.6 Å². The van der Waals surface area contributed by atoms with E-state index in [1.165, 1.54) is 6.42 Å². The lowest BCUT2D eigenvalue weighted by Crippen LogP contribution is -2.60. The molecular formula is C29H48O4S. The number of ketones is 1. The summed E-state index contributed by atoms with van der Waals surface area (Å²) in [6.07, 6.45) is 8.71. The first-order valence-corrected chi connectivity index (χ1v) is 14.4. The smallest absolute Gasteiger partial charge is 0.307 e. The lowest BCUT2D eigenvalue weighted by atomic mass is 9.42. The number of thiol groups is 1. The van der Waals surface area contributed by atoms with Gasteiger partial charge < -0.3 is 10.2 Å². The van der Waals surface area contributed by atoms with Crippen molar-refractivity contribution in [3.63, 3.8) is 0 Å². The topological polar surface area (TPSA) is 74.6 Å². The summed E-state index contributed by atoms with van der Waals surface area (Å²) in [5.74, 6) is 1.60. The van der Waals surface area contributed by atoms with Crippen molar-refractivity contribution in [2.24, 2.45) is 58.2 Å². The molecule has 12 unspecified atom stereocenters. The van der Waals surface area contributed by atoms with E-state index >= 15 is 0 Å². The molecule has 0 radical (unpaired) electrons. The summed E-state index contributed by atoms with van der Waals surface area (Å²) in [6, 6.07) is 0. The average molecular weight is 493 g/mol. The molecular weight excluding hydrogens is 444 g/mol. The van der Waals surface area contributed by atoms with Gasteiger partial charge in [-0.15, -0.1) is 0 Å². The number of carboxylic acids is 1. The average Bonchev–Trinajstić information content (AvgIpc) is 3.11. The predicted octanol–water partition coefficient (Wildman–Crippen LogP) is 6.26. The first kappa shape index (κ1) is 26.5. The Bertz CT molecular complexity index is 810. The highest BCUT2D eigenvalue weighted by Gasteiger charge is 2.65. The quantitative estimate of drug-likeness (QED) is 0.383. The van der Waals surface area contributed by atoms with Gasteiger partial charge in [-0.25, -0.2) is 0 Å². The molecule has 2 N–H and O–H groups in total. The highest BCUT2D eigenvalue weighted by atomic mass is 32.1. The van der Waals surface area contributed by atoms with Crippen molar-refractivity contribution in [3.8, 4) is 0 Å². The zero-order valence-electron chi connectivity index (χ0n) is 22.2. The number of aliphatic hydroxyl groups excluding tert-OH is 1. The van der Waals surface area contributed by atoms with E-state index in [0.717, 1.165) is 51.4 Å². The number of carbonyl (C=O) groups is 2. The number of hydrogen-bond acceptors (Lipinski definition) is 4. The number of rotatable bonds is 6. The summed E-state index contributed by atoms with van der Waals surface area (Å²) in [5.41, 5.74) is 0.312. The van der Waals surface area contributed by atoms with Gasteiger partial charge in [-0.2, -0.15) is 12.6 Å². The van der Waals surface area contributed by atoms with Crippen LogP contribution in [0.15, 0.2) is 0 Å². The number of aliphatic hydroxyl groups is 1. The molecule has 194 valence electrons. The molecule has 0 aromatic carbocycles. The molecule has 4 saturated carbocycles. The normalized spacial score (nSPS) is 47.6. The van der Waals surface area contributed by atoms with Gasteiger partial charge in [0, 0.05) is 16.6 Å². The summed E-state index contributed by atoms with van der Waals surface area (Å²) in [6.45, 7) is 13.1. The molecule has 0 amide bonds. The third kappa shape index (κ3) is 3.99. The van der Waals surface area contributed by atoms with Gasteiger partial charge in [0.1, 0.15) is 5.78 Å². The first-order chi connectivity index (χ1) is 15.8. The molecule has 4 aliphatic carbocycles. The standard InChI is InChI=1S/C29H48O4S/c1-7-19-23-14-18(30)10-12-28(23,5)22-11-13-27(4)20(8-9-21(27)24(22)25(19)31)16(2)15-29(6,34)17(3)26(32)33/h16-24,30,34H,7-15H2,1-6H3,(H,32,33). The van der Waals surface area contributed by atoms with Gasteiger partial charge >= 0.3 is 5.97 Å². The molecule has 4 rings (SSSR count). The Balaban J connectivity index is 1.60. The lowest BCUT2D eigenvalue weighted by molar-refractivity contribution is -0.173. The maximum Gasteiger partial charge on any atom is 0.307 e. The number of carbonyl (C=O) groups excluding carboxylic acids is 1. The van der Waals surface area contributed by atoms with E-state index in [-0.39, 0.29) is 28.8 Å². The van der Waals surface area contributed by atoms with Gasteiger partial charge in [-0.05, 0) is 105 Å². The SMILES string of the molecule is CCC1C(=O)C2C3CCC(C(C)CC(C)(S)C(C)C(=O)O)C3(C)CCC2C2(C)CCC(O)CC12. The second-order valence-electron chi connectivity index (χ2n) is 13.5. The van der Waals surface area contributed by atoms with E-state index in [4.69, 9.17) is 12.6 Å². The van der Waals surface area contributed by atoms with Crippen molar-refractivity contribution < 1.29 is 19.8 Å². The summed E-state index contributed by atoms with van der Waals surface area (Å²) in [5, 5.41) is 20.0. The largest absolute Gasteiger partial charge is 0.481 e. The summed E-state index contributed by atoms with van der Waals surface area (Å²) in [4.78, 5) is 25.7. The van der Waals surface area contributed by atoms with Crippen LogP contribution in [0.25, 0.3) is 0 Å². The fourth-order valence-electron chi connectivity index (χ4n) is 9.85. The van der Waals surface area contributed by atoms with Crippen molar-refractivity contribution in [1.29, 1.82) is 0 Å². The summed E-state index contributed by atoms with van der Waals surface area (Å²) < 4.78 is -0.547. The predicted molar refractivity (Wildman–Crippen MR) is 139 cm³/mol. The second kappa shape index (κ2) is 9.08. The number of fused-ring (bicyclic) bond motifs is 5. The summed E-state index contributed by atoms with van der Waals surface area (Å²) >= 11 is 4.83. The number of Topliss-reactive ketones (excluding diaryl/α,β-unsaturated/α-hetero) is 1. The van der Waals surface area contributed by atoms with Gasteiger partial charge in [-0.1, -0.05) is 34.6 Å². The second-order valence-corrected chi connectivity index (χ2v) is 14.5. The fourth-order valence-corrected chi connectivity index (χ4v) is 10.2. The van der Waals surface area contributed by atoms with E-state index in [0.29, 0.717) is 35.4 Å². The van der Waals surface area contributed by atoms with Crippen LogP contribution < -0.4 is 0 Å². The molecule has 0 spiro atoms. The van der Waals surface area contributed by atoms with Gasteiger partial charge in [0.05, 0.1) is 12.0 Å². The Hall–Kier alpha value is -0.550. The molecule has 5 heteroatoms. The Labute approximate surface area is 212 Å². The van der Waals surface area contributed by atoms with E-state index in [1.54, 1.807) is 6.92 Å². The van der Waals surface area contributed by atoms with Crippen LogP contribution in [0.4, 0.5) is 0 Å². The Kier molecular flexibility index (Phi) is 7.08. The first-order valence-electron chi connectivity index (χ1n) is 13.9. The van der Waals surface area contributed by atoms with E-state index < -0.39 is 16.6 Å². The molecule has 0 aliphatic heterocycles. The minimum atomic E-state index is -0.778. The van der Waals surface area contributed by atoms with Gasteiger partial charge in [-0.3, -0.25) is 9.59 Å². The van der Waals surface area contributed by atoms with Crippen LogP contribution in [0, 0.1) is 58.2 Å². The van der Waals surface area contributed by atoms with Crippen LogP contribution in [0.2, 0.25) is 0 Å². The van der Waals surface area contributed by atoms with Gasteiger partial charge in [0.15, 0.2) is 0 Å². The lowest BCUT2D eigenvalue weighted by Gasteiger charge is -2.62. The minimum absolute atomic E-state index is 0.0946. The van der Waals surface area contributed by atoms with Crippen LogP contribution in [0.1, 0.15) is 99.3 Å². The number of carboxylic acid groups (broad SMARTS) is 1. The molecule has 12 atom stereocenters. The number of aliphatic carboxylic acids is 1. The van der Waals surface area contributed by atoms with E-state index in [2.05, 4.69) is 27.7 Å². The molecule has 4 nitrogen and oxygen atoms in total. The minimum Gasteiger partial charge on any atom is -0.481 e. The van der Waals surface area contributed by atoms with Crippen molar-refractivity contribution in [1.82, 2.24) is 0 Å². The Morgan fingerprint density at radius 2 is 1.71 bits per heavy atom. The van der Waals surface area contributed by atoms with Crippen LogP contribution in [0.5, 0.6) is 0 Å². The third-order valence-electron chi connectivity index (χ3n) is 11.9. The third-order valence-corrected chi connectivity index (χ3v) is 12.5. The van der Waals surface area contributed by atoms with Crippen molar-refractivity contribution in [3.05, 3.63) is 0 Å². The fraction of sp³-hybridized carbons (Fsp3) is 0.931. The molecule has 0 aromatic rings. The monoisotopic (exact) mass is 492 g/mol. The van der Waals surface area contributed by atoms with Gasteiger partial charge in [0.2, 0.25) is 0 Å². The highest BCUT2D eigenvalue weighted by molar-refractivity contribution is 7.81. The molecule has 0 bridgehead atoms. The van der Waals surface area contributed by atoms with E-state index in [9.17, 15) is 19.8 Å². The van der Waals surface area contributed by atoms with Crippen LogP contribution in [-0.2, 0) is 9.59 Å². The van der Waals surface area contributed by atoms with Crippen LogP contribution in [0.3, 0.4) is 0 Å². The zero-order valence-corrected chi connectivity index (χ0v) is 23.1. The van der Waals surface area contributed by atoms with Crippen molar-refractivity contribution in [2.45, 2.75) is 110 Å². The molecule has 4 fully saturated rings. The molecule has 34 heavy (non-hydrogen) atoms. The van der Waals surface area contributed by atoms with E-state index in [1.807, 2.05) is 6.92 Å². The van der Waals surface area contributed by atoms with Crippen molar-refractivity contribution in [2.75, 3.05) is 0 Å². The van der Waals surface area contributed by atoms with Crippen LogP contribution in [-0.4, -0.2) is 32.8 Å². The van der Waals surface area contributed by atoms with Crippen molar-refractivity contribution >= 4 is 24.4 Å².